The van der Waals surface area contributed by atoms with E-state index in [0.717, 1.165) is 24.2 Å². The van der Waals surface area contributed by atoms with Crippen LogP contribution in [0.5, 0.6) is 0 Å². The molecule has 3 heteroatoms. The summed E-state index contributed by atoms with van der Waals surface area (Å²) in [5, 5.41) is 0. The minimum Gasteiger partial charge on any atom is -0.325 e. The first-order valence-electron chi connectivity index (χ1n) is 6.59. The van der Waals surface area contributed by atoms with Crippen molar-refractivity contribution in [3.8, 4) is 0 Å². The molecule has 2 rings (SSSR count). The number of nitrogens with two attached hydrogens (primary N) is 1. The minimum atomic E-state index is 0.538. The zero-order valence-electron chi connectivity index (χ0n) is 10.9. The quantitative estimate of drug-likeness (QED) is 0.866. The summed E-state index contributed by atoms with van der Waals surface area (Å²) in [5.74, 6) is 0.732. The molecule has 1 unspecified atom stereocenters. The van der Waals surface area contributed by atoms with Gasteiger partial charge in [0.2, 0.25) is 0 Å². The highest BCUT2D eigenvalue weighted by atomic mass is 15.2. The van der Waals surface area contributed by atoms with Gasteiger partial charge in [0.05, 0.1) is 5.69 Å². The Hall–Kier alpha value is -0.930. The fourth-order valence-electron chi connectivity index (χ4n) is 2.82. The number of nitrogens with zero attached hydrogens (tertiary/aromatic N) is 2. The summed E-state index contributed by atoms with van der Waals surface area (Å²) in [6, 6.07) is 4.89. The molecule has 0 aromatic carbocycles. The van der Waals surface area contributed by atoms with E-state index in [9.17, 15) is 0 Å². The largest absolute Gasteiger partial charge is 0.325 e. The summed E-state index contributed by atoms with van der Waals surface area (Å²) in [6.07, 6.45) is 4.48. The number of hydrogen-bond donors (Lipinski definition) is 1. The van der Waals surface area contributed by atoms with Crippen LogP contribution in [0.15, 0.2) is 18.3 Å². The molecule has 0 amide bonds. The SMILES string of the molecule is CC(C)C1CCCN1Cc1cccnc1CN. The van der Waals surface area contributed by atoms with Crippen molar-refractivity contribution in [3.05, 3.63) is 29.6 Å². The standard InChI is InChI=1S/C14H23N3/c1-11(2)14-6-4-8-17(14)10-12-5-3-7-16-13(12)9-15/h3,5,7,11,14H,4,6,8-10,15H2,1-2H3. The van der Waals surface area contributed by atoms with E-state index < -0.39 is 0 Å². The predicted molar refractivity (Wildman–Crippen MR) is 70.4 cm³/mol. The number of aromatic nitrogens is 1. The van der Waals surface area contributed by atoms with E-state index >= 15 is 0 Å². The lowest BCUT2D eigenvalue weighted by molar-refractivity contribution is 0.198. The zero-order valence-corrected chi connectivity index (χ0v) is 10.9. The average molecular weight is 233 g/mol. The summed E-state index contributed by atoms with van der Waals surface area (Å²) in [6.45, 7) is 7.38. The number of pyridine rings is 1. The van der Waals surface area contributed by atoms with E-state index in [2.05, 4.69) is 29.8 Å². The van der Waals surface area contributed by atoms with Crippen LogP contribution in [0.4, 0.5) is 0 Å². The highest BCUT2D eigenvalue weighted by Crippen LogP contribution is 2.25. The Morgan fingerprint density at radius 2 is 2.35 bits per heavy atom. The van der Waals surface area contributed by atoms with Crippen molar-refractivity contribution in [2.75, 3.05) is 6.54 Å². The van der Waals surface area contributed by atoms with Gasteiger partial charge in [-0.15, -0.1) is 0 Å². The molecule has 1 atom stereocenters. The molecule has 2 heterocycles. The summed E-state index contributed by atoms with van der Waals surface area (Å²) >= 11 is 0. The molecule has 1 aliphatic heterocycles. The van der Waals surface area contributed by atoms with Crippen LogP contribution in [-0.2, 0) is 13.1 Å². The van der Waals surface area contributed by atoms with Gasteiger partial charge in [0.1, 0.15) is 0 Å². The lowest BCUT2D eigenvalue weighted by Gasteiger charge is -2.28. The van der Waals surface area contributed by atoms with Gasteiger partial charge in [0, 0.05) is 25.3 Å². The number of rotatable bonds is 4. The summed E-state index contributed by atoms with van der Waals surface area (Å²) < 4.78 is 0. The first kappa shape index (κ1) is 12.5. The average Bonchev–Trinajstić information content (AvgIpc) is 2.78. The van der Waals surface area contributed by atoms with Gasteiger partial charge in [-0.3, -0.25) is 9.88 Å². The van der Waals surface area contributed by atoms with Crippen LogP contribution in [0.2, 0.25) is 0 Å². The summed E-state index contributed by atoms with van der Waals surface area (Å²) in [4.78, 5) is 6.94. The molecular formula is C14H23N3. The third-order valence-electron chi connectivity index (χ3n) is 3.74. The molecule has 1 aliphatic rings. The van der Waals surface area contributed by atoms with Gasteiger partial charge in [0.15, 0.2) is 0 Å². The second-order valence-electron chi connectivity index (χ2n) is 5.24. The maximum Gasteiger partial charge on any atom is 0.0584 e. The van der Waals surface area contributed by atoms with Gasteiger partial charge in [-0.1, -0.05) is 19.9 Å². The Kier molecular flexibility index (Phi) is 4.13. The summed E-state index contributed by atoms with van der Waals surface area (Å²) in [7, 11) is 0. The fraction of sp³-hybridized carbons (Fsp3) is 0.643. The molecule has 1 aromatic rings. The topological polar surface area (TPSA) is 42.2 Å². The van der Waals surface area contributed by atoms with Gasteiger partial charge in [0.25, 0.3) is 0 Å². The van der Waals surface area contributed by atoms with Crippen LogP contribution in [0.25, 0.3) is 0 Å². The first-order chi connectivity index (χ1) is 8.22. The molecule has 94 valence electrons. The van der Waals surface area contributed by atoms with E-state index in [-0.39, 0.29) is 0 Å². The van der Waals surface area contributed by atoms with Crippen LogP contribution in [0.3, 0.4) is 0 Å². The van der Waals surface area contributed by atoms with Gasteiger partial charge < -0.3 is 5.73 Å². The molecule has 0 spiro atoms. The van der Waals surface area contributed by atoms with Crippen molar-refractivity contribution in [2.24, 2.45) is 11.7 Å². The monoisotopic (exact) mass is 233 g/mol. The molecule has 1 saturated heterocycles. The van der Waals surface area contributed by atoms with Crippen molar-refractivity contribution in [1.82, 2.24) is 9.88 Å². The fourth-order valence-corrected chi connectivity index (χ4v) is 2.82. The van der Waals surface area contributed by atoms with Gasteiger partial charge in [-0.05, 0) is 36.9 Å². The van der Waals surface area contributed by atoms with Crippen molar-refractivity contribution in [1.29, 1.82) is 0 Å². The Balaban J connectivity index is 2.09. The molecule has 17 heavy (non-hydrogen) atoms. The van der Waals surface area contributed by atoms with Crippen molar-refractivity contribution in [3.63, 3.8) is 0 Å². The van der Waals surface area contributed by atoms with E-state index in [4.69, 9.17) is 5.73 Å². The molecular weight excluding hydrogens is 210 g/mol. The van der Waals surface area contributed by atoms with Crippen LogP contribution in [-0.4, -0.2) is 22.5 Å². The maximum absolute atomic E-state index is 5.74. The molecule has 2 N–H and O–H groups in total. The first-order valence-corrected chi connectivity index (χ1v) is 6.59. The lowest BCUT2D eigenvalue weighted by Crippen LogP contribution is -2.33. The van der Waals surface area contributed by atoms with Gasteiger partial charge >= 0.3 is 0 Å². The van der Waals surface area contributed by atoms with E-state index in [1.807, 2.05) is 12.3 Å². The van der Waals surface area contributed by atoms with Crippen LogP contribution < -0.4 is 5.73 Å². The molecule has 0 bridgehead atoms. The lowest BCUT2D eigenvalue weighted by atomic mass is 10.0. The van der Waals surface area contributed by atoms with Gasteiger partial charge in [-0.2, -0.15) is 0 Å². The van der Waals surface area contributed by atoms with E-state index in [0.29, 0.717) is 6.54 Å². The minimum absolute atomic E-state index is 0.538. The molecule has 0 radical (unpaired) electrons. The van der Waals surface area contributed by atoms with Crippen LogP contribution in [0, 0.1) is 5.92 Å². The van der Waals surface area contributed by atoms with Crippen LogP contribution in [0.1, 0.15) is 37.9 Å². The number of hydrogen-bond acceptors (Lipinski definition) is 3. The molecule has 0 saturated carbocycles. The van der Waals surface area contributed by atoms with Crippen molar-refractivity contribution >= 4 is 0 Å². The Bertz CT molecular complexity index is 362. The Morgan fingerprint density at radius 1 is 1.53 bits per heavy atom. The maximum atomic E-state index is 5.74. The predicted octanol–water partition coefficient (Wildman–Crippen LogP) is 2.16. The second-order valence-corrected chi connectivity index (χ2v) is 5.24. The summed E-state index contributed by atoms with van der Waals surface area (Å²) in [5.41, 5.74) is 8.08. The molecule has 1 aromatic heterocycles. The third kappa shape index (κ3) is 2.85. The van der Waals surface area contributed by atoms with E-state index in [1.54, 1.807) is 0 Å². The second kappa shape index (κ2) is 5.61. The van der Waals surface area contributed by atoms with Crippen LogP contribution >= 0.6 is 0 Å². The molecule has 1 fully saturated rings. The molecule has 0 aliphatic carbocycles. The van der Waals surface area contributed by atoms with E-state index in [1.165, 1.54) is 24.9 Å². The smallest absolute Gasteiger partial charge is 0.0584 e. The zero-order chi connectivity index (χ0) is 12.3. The molecule has 3 nitrogen and oxygen atoms in total. The Morgan fingerprint density at radius 3 is 3.06 bits per heavy atom. The number of likely N-dealkylation sites (tertiary alicyclic amines) is 1. The normalized spacial score (nSPS) is 21.3. The van der Waals surface area contributed by atoms with Crippen molar-refractivity contribution in [2.45, 2.75) is 45.8 Å². The van der Waals surface area contributed by atoms with Crippen molar-refractivity contribution < 1.29 is 0 Å². The highest BCUT2D eigenvalue weighted by Gasteiger charge is 2.27. The Labute approximate surface area is 104 Å². The van der Waals surface area contributed by atoms with Gasteiger partial charge in [-0.25, -0.2) is 0 Å². The highest BCUT2D eigenvalue weighted by molar-refractivity contribution is 5.19. The third-order valence-corrected chi connectivity index (χ3v) is 3.74.